The van der Waals surface area contributed by atoms with E-state index in [4.69, 9.17) is 29.5 Å². The molecule has 3 N–H and O–H groups in total. The van der Waals surface area contributed by atoms with Gasteiger partial charge in [0, 0.05) is 38.2 Å². The first-order valence-electron chi connectivity index (χ1n) is 7.44. The fourth-order valence-electron chi connectivity index (χ4n) is 0.887. The summed E-state index contributed by atoms with van der Waals surface area (Å²) < 4.78 is 14.7. The Morgan fingerprint density at radius 2 is 1.33 bits per heavy atom. The molecule has 0 bridgehead atoms. The first-order chi connectivity index (χ1) is 11.1. The van der Waals surface area contributed by atoms with Crippen molar-refractivity contribution in [3.05, 3.63) is 25.3 Å². The number of hydrogen-bond acceptors (Lipinski definition) is 8. The second-order valence-electron chi connectivity index (χ2n) is 4.83. The number of aliphatic hydroxyl groups is 3. The molecule has 8 nitrogen and oxygen atoms in total. The molecular weight excluding hydrogens is 320 g/mol. The van der Waals surface area contributed by atoms with E-state index in [0.717, 1.165) is 19.1 Å². The first-order valence-corrected chi connectivity index (χ1v) is 7.44. The maximum Gasteiger partial charge on any atom is 0.330 e. The van der Waals surface area contributed by atoms with Gasteiger partial charge in [0.25, 0.3) is 0 Å². The standard InChI is InChI=1S/C12H18O5.C4H10O3/c1-3-11(13)16-9-5-7-15-8-6-10-17-12(14)4-2;1-3(5)4(2,6)7/h3-4H,1-2,5-10H2;3,5-7H,1-2H3. The van der Waals surface area contributed by atoms with Gasteiger partial charge >= 0.3 is 11.9 Å². The van der Waals surface area contributed by atoms with Crippen LogP contribution in [-0.2, 0) is 23.8 Å². The van der Waals surface area contributed by atoms with Crippen molar-refractivity contribution in [2.75, 3.05) is 26.4 Å². The summed E-state index contributed by atoms with van der Waals surface area (Å²) in [6.45, 7) is 10.6. The summed E-state index contributed by atoms with van der Waals surface area (Å²) in [5.74, 6) is -2.80. The number of hydrogen-bond donors (Lipinski definition) is 3. The molecule has 0 heterocycles. The van der Waals surface area contributed by atoms with Crippen molar-refractivity contribution in [3.63, 3.8) is 0 Å². The van der Waals surface area contributed by atoms with E-state index in [1.807, 2.05) is 0 Å². The molecule has 0 amide bonds. The van der Waals surface area contributed by atoms with E-state index in [-0.39, 0.29) is 0 Å². The van der Waals surface area contributed by atoms with E-state index in [0.29, 0.717) is 39.3 Å². The van der Waals surface area contributed by atoms with E-state index in [2.05, 4.69) is 13.2 Å². The van der Waals surface area contributed by atoms with Crippen LogP contribution in [0, 0.1) is 0 Å². The van der Waals surface area contributed by atoms with E-state index in [1.54, 1.807) is 0 Å². The molecule has 1 unspecified atom stereocenters. The van der Waals surface area contributed by atoms with Gasteiger partial charge in [-0.15, -0.1) is 0 Å². The average Bonchev–Trinajstić information content (AvgIpc) is 2.52. The van der Waals surface area contributed by atoms with Gasteiger partial charge in [-0.25, -0.2) is 9.59 Å². The Hall–Kier alpha value is -1.74. The molecule has 0 aliphatic heterocycles. The van der Waals surface area contributed by atoms with Crippen LogP contribution < -0.4 is 0 Å². The third-order valence-corrected chi connectivity index (χ3v) is 2.48. The number of carbonyl (C=O) groups is 2. The Morgan fingerprint density at radius 3 is 1.58 bits per heavy atom. The van der Waals surface area contributed by atoms with Crippen LogP contribution in [0.5, 0.6) is 0 Å². The Labute approximate surface area is 142 Å². The minimum Gasteiger partial charge on any atom is -0.462 e. The van der Waals surface area contributed by atoms with E-state index >= 15 is 0 Å². The van der Waals surface area contributed by atoms with Gasteiger partial charge in [-0.3, -0.25) is 0 Å². The Morgan fingerprint density at radius 1 is 1.00 bits per heavy atom. The predicted octanol–water partition coefficient (Wildman–Crippen LogP) is 0.310. The summed E-state index contributed by atoms with van der Waals surface area (Å²) in [5.41, 5.74) is 0. The molecule has 0 aliphatic carbocycles. The van der Waals surface area contributed by atoms with Crippen molar-refractivity contribution in [3.8, 4) is 0 Å². The summed E-state index contributed by atoms with van der Waals surface area (Å²) in [6, 6.07) is 0. The molecule has 0 aromatic heterocycles. The quantitative estimate of drug-likeness (QED) is 0.211. The van der Waals surface area contributed by atoms with E-state index in [9.17, 15) is 9.59 Å². The largest absolute Gasteiger partial charge is 0.462 e. The summed E-state index contributed by atoms with van der Waals surface area (Å²) in [5, 5.41) is 25.2. The topological polar surface area (TPSA) is 123 Å². The van der Waals surface area contributed by atoms with Crippen LogP contribution in [0.2, 0.25) is 0 Å². The summed E-state index contributed by atoms with van der Waals surface area (Å²) in [6.07, 6.45) is 2.41. The third-order valence-electron chi connectivity index (χ3n) is 2.48. The van der Waals surface area contributed by atoms with E-state index < -0.39 is 23.8 Å². The minimum atomic E-state index is -1.94. The highest BCUT2D eigenvalue weighted by molar-refractivity contribution is 5.81. The molecular formula is C16H28O8. The minimum absolute atomic E-state index is 0.316. The van der Waals surface area contributed by atoms with Gasteiger partial charge in [-0.2, -0.15) is 0 Å². The SMILES string of the molecule is C=CC(=O)OCCCOCCCOC(=O)C=C.CC(O)C(C)(O)O. The molecule has 0 saturated heterocycles. The normalized spacial score (nSPS) is 11.5. The molecule has 140 valence electrons. The highest BCUT2D eigenvalue weighted by Crippen LogP contribution is 2.01. The Bertz CT molecular complexity index is 345. The molecule has 0 spiro atoms. The van der Waals surface area contributed by atoms with Gasteiger partial charge in [0.15, 0.2) is 5.79 Å². The predicted molar refractivity (Wildman–Crippen MR) is 86.9 cm³/mol. The maximum absolute atomic E-state index is 10.6. The molecule has 0 aromatic carbocycles. The summed E-state index contributed by atoms with van der Waals surface area (Å²) >= 11 is 0. The lowest BCUT2D eigenvalue weighted by Gasteiger charge is -2.17. The summed E-state index contributed by atoms with van der Waals surface area (Å²) in [7, 11) is 0. The fraction of sp³-hybridized carbons (Fsp3) is 0.625. The van der Waals surface area contributed by atoms with Crippen molar-refractivity contribution >= 4 is 11.9 Å². The molecule has 0 fully saturated rings. The monoisotopic (exact) mass is 348 g/mol. The molecule has 8 heteroatoms. The van der Waals surface area contributed by atoms with Crippen LogP contribution in [0.4, 0.5) is 0 Å². The van der Waals surface area contributed by atoms with Crippen LogP contribution in [0.3, 0.4) is 0 Å². The van der Waals surface area contributed by atoms with Crippen LogP contribution in [0.1, 0.15) is 26.7 Å². The lowest BCUT2D eigenvalue weighted by molar-refractivity contribution is -0.205. The van der Waals surface area contributed by atoms with Crippen molar-refractivity contribution in [1.82, 2.24) is 0 Å². The highest BCUT2D eigenvalue weighted by Gasteiger charge is 2.21. The number of rotatable bonds is 11. The lowest BCUT2D eigenvalue weighted by Crippen LogP contribution is -2.36. The van der Waals surface area contributed by atoms with Crippen LogP contribution in [0.15, 0.2) is 25.3 Å². The molecule has 0 rings (SSSR count). The Kier molecular flexibility index (Phi) is 15.1. The van der Waals surface area contributed by atoms with Crippen molar-refractivity contribution < 1.29 is 39.1 Å². The first kappa shape index (κ1) is 24.5. The smallest absolute Gasteiger partial charge is 0.330 e. The van der Waals surface area contributed by atoms with Gasteiger partial charge in [0.2, 0.25) is 0 Å². The van der Waals surface area contributed by atoms with Gasteiger partial charge in [0.05, 0.1) is 13.2 Å². The second kappa shape index (κ2) is 14.8. The average molecular weight is 348 g/mol. The van der Waals surface area contributed by atoms with Gasteiger partial charge in [0.1, 0.15) is 6.10 Å². The highest BCUT2D eigenvalue weighted by atomic mass is 16.5. The molecule has 24 heavy (non-hydrogen) atoms. The zero-order valence-electron chi connectivity index (χ0n) is 14.3. The van der Waals surface area contributed by atoms with Gasteiger partial charge in [-0.05, 0) is 13.8 Å². The number of esters is 2. The third kappa shape index (κ3) is 18.3. The maximum atomic E-state index is 10.6. The number of ether oxygens (including phenoxy) is 3. The molecule has 0 saturated carbocycles. The number of carbonyl (C=O) groups excluding carboxylic acids is 2. The molecule has 0 aromatic rings. The van der Waals surface area contributed by atoms with Gasteiger partial charge < -0.3 is 29.5 Å². The van der Waals surface area contributed by atoms with Crippen LogP contribution >= 0.6 is 0 Å². The molecule has 0 aliphatic rings. The zero-order chi connectivity index (χ0) is 19.0. The van der Waals surface area contributed by atoms with Gasteiger partial charge in [-0.1, -0.05) is 13.2 Å². The fourth-order valence-corrected chi connectivity index (χ4v) is 0.887. The van der Waals surface area contributed by atoms with Crippen molar-refractivity contribution in [2.45, 2.75) is 38.6 Å². The molecule has 0 radical (unpaired) electrons. The van der Waals surface area contributed by atoms with Crippen molar-refractivity contribution in [2.24, 2.45) is 0 Å². The van der Waals surface area contributed by atoms with Crippen LogP contribution in [0.25, 0.3) is 0 Å². The number of aliphatic hydroxyl groups excluding tert-OH is 1. The zero-order valence-corrected chi connectivity index (χ0v) is 14.3. The second-order valence-corrected chi connectivity index (χ2v) is 4.83. The Balaban J connectivity index is 0. The summed E-state index contributed by atoms with van der Waals surface area (Å²) in [4.78, 5) is 21.3. The lowest BCUT2D eigenvalue weighted by atomic mass is 10.2. The van der Waals surface area contributed by atoms with Crippen molar-refractivity contribution in [1.29, 1.82) is 0 Å². The van der Waals surface area contributed by atoms with Crippen LogP contribution in [-0.4, -0.2) is 65.6 Å². The molecule has 1 atom stereocenters. The van der Waals surface area contributed by atoms with E-state index in [1.165, 1.54) is 6.92 Å².